The number of para-hydroxylation sites is 1. The van der Waals surface area contributed by atoms with Gasteiger partial charge in [0.25, 0.3) is 0 Å². The van der Waals surface area contributed by atoms with E-state index in [2.05, 4.69) is 28.3 Å². The van der Waals surface area contributed by atoms with Crippen molar-refractivity contribution >= 4 is 30.5 Å². The molecule has 0 bridgehead atoms. The van der Waals surface area contributed by atoms with E-state index >= 15 is 0 Å². The van der Waals surface area contributed by atoms with Crippen molar-refractivity contribution in [2.45, 2.75) is 32.4 Å². The van der Waals surface area contributed by atoms with Gasteiger partial charge in [-0.25, -0.2) is 14.0 Å². The Morgan fingerprint density at radius 1 is 1.38 bits per heavy atom. The van der Waals surface area contributed by atoms with Crippen LogP contribution in [0.15, 0.2) is 29.3 Å². The third-order valence-electron chi connectivity index (χ3n) is 4.90. The van der Waals surface area contributed by atoms with E-state index < -0.39 is 0 Å². The molecule has 0 saturated carbocycles. The van der Waals surface area contributed by atoms with Crippen LogP contribution in [0.3, 0.4) is 0 Å². The Labute approximate surface area is 153 Å². The topological polar surface area (TPSA) is 55.1 Å². The molecule has 0 aliphatic carbocycles. The number of hydrogen-bond donors (Lipinski definition) is 1. The number of anilines is 1. The van der Waals surface area contributed by atoms with Crippen molar-refractivity contribution in [1.29, 1.82) is 0 Å². The highest BCUT2D eigenvalue weighted by atomic mass is 35.5. The standard InChI is InChI=1S/C16H21N5O.2ClH/c1-3-11(2)21-16(22)20(10-18-21)13-6-4-5-12-14-9-17-7-8-19(14)15(12)13;;/h4-6,10-11,14,17H,3,7-9H2,1-2H3;2*1H. The molecule has 24 heavy (non-hydrogen) atoms. The Morgan fingerprint density at radius 2 is 2.17 bits per heavy atom. The minimum atomic E-state index is -0.0543. The van der Waals surface area contributed by atoms with E-state index in [0.29, 0.717) is 6.04 Å². The number of benzene rings is 1. The molecule has 1 N–H and O–H groups in total. The first-order chi connectivity index (χ1) is 10.7. The van der Waals surface area contributed by atoms with Crippen LogP contribution >= 0.6 is 24.8 Å². The highest BCUT2D eigenvalue weighted by Crippen LogP contribution is 2.46. The van der Waals surface area contributed by atoms with Gasteiger partial charge in [0.15, 0.2) is 0 Å². The summed E-state index contributed by atoms with van der Waals surface area (Å²) in [5.41, 5.74) is 3.42. The van der Waals surface area contributed by atoms with Gasteiger partial charge in [-0.2, -0.15) is 5.10 Å². The molecule has 2 aliphatic rings. The summed E-state index contributed by atoms with van der Waals surface area (Å²) in [6.45, 7) is 7.05. The van der Waals surface area contributed by atoms with Crippen molar-refractivity contribution in [1.82, 2.24) is 19.7 Å². The van der Waals surface area contributed by atoms with Crippen LogP contribution in [0.2, 0.25) is 0 Å². The summed E-state index contributed by atoms with van der Waals surface area (Å²) in [4.78, 5) is 15.0. The Kier molecular flexibility index (Phi) is 5.63. The van der Waals surface area contributed by atoms with E-state index in [-0.39, 0.29) is 36.5 Å². The fourth-order valence-electron chi connectivity index (χ4n) is 3.47. The predicted octanol–water partition coefficient (Wildman–Crippen LogP) is 2.31. The van der Waals surface area contributed by atoms with Crippen molar-refractivity contribution in [2.24, 2.45) is 0 Å². The van der Waals surface area contributed by atoms with E-state index in [9.17, 15) is 4.79 Å². The first-order valence-electron chi connectivity index (χ1n) is 7.99. The van der Waals surface area contributed by atoms with Crippen molar-refractivity contribution in [3.05, 3.63) is 40.6 Å². The Hall–Kier alpha value is -1.50. The molecule has 132 valence electrons. The molecule has 0 spiro atoms. The van der Waals surface area contributed by atoms with Gasteiger partial charge in [-0.05, 0) is 19.4 Å². The number of piperazine rings is 1. The largest absolute Gasteiger partial charge is 0.360 e. The van der Waals surface area contributed by atoms with Crippen LogP contribution < -0.4 is 15.9 Å². The van der Waals surface area contributed by atoms with Crippen LogP contribution in [0.1, 0.15) is 37.9 Å². The number of aromatic nitrogens is 3. The molecule has 2 aliphatic heterocycles. The summed E-state index contributed by atoms with van der Waals surface area (Å²) in [5.74, 6) is 0. The van der Waals surface area contributed by atoms with Gasteiger partial charge in [0.2, 0.25) is 0 Å². The molecular weight excluding hydrogens is 349 g/mol. The molecule has 8 heteroatoms. The summed E-state index contributed by atoms with van der Waals surface area (Å²) in [6.07, 6.45) is 2.54. The quantitative estimate of drug-likeness (QED) is 0.899. The van der Waals surface area contributed by atoms with Gasteiger partial charge in [-0.15, -0.1) is 24.8 Å². The molecule has 1 aromatic carbocycles. The van der Waals surface area contributed by atoms with E-state index in [4.69, 9.17) is 0 Å². The van der Waals surface area contributed by atoms with Crippen LogP contribution in [0.4, 0.5) is 5.69 Å². The second-order valence-electron chi connectivity index (χ2n) is 6.11. The molecule has 4 rings (SSSR count). The highest BCUT2D eigenvalue weighted by Gasteiger charge is 2.38. The molecule has 1 aromatic heterocycles. The van der Waals surface area contributed by atoms with Crippen LogP contribution in [0, 0.1) is 0 Å². The number of halogens is 2. The first-order valence-corrected chi connectivity index (χ1v) is 7.99. The number of hydrogen-bond acceptors (Lipinski definition) is 4. The molecule has 1 fully saturated rings. The molecule has 2 aromatic rings. The van der Waals surface area contributed by atoms with E-state index in [1.54, 1.807) is 15.6 Å². The Bertz CT molecular complexity index is 772. The molecule has 6 nitrogen and oxygen atoms in total. The lowest BCUT2D eigenvalue weighted by Crippen LogP contribution is -2.52. The van der Waals surface area contributed by atoms with E-state index in [0.717, 1.165) is 31.7 Å². The highest BCUT2D eigenvalue weighted by molar-refractivity contribution is 5.85. The fourth-order valence-corrected chi connectivity index (χ4v) is 3.47. The third-order valence-corrected chi connectivity index (χ3v) is 4.90. The van der Waals surface area contributed by atoms with Gasteiger partial charge in [0, 0.05) is 25.2 Å². The van der Waals surface area contributed by atoms with Crippen molar-refractivity contribution < 1.29 is 0 Å². The third kappa shape index (κ3) is 2.62. The second-order valence-corrected chi connectivity index (χ2v) is 6.11. The molecule has 2 atom stereocenters. The maximum atomic E-state index is 12.6. The van der Waals surface area contributed by atoms with Crippen LogP contribution in [0.5, 0.6) is 0 Å². The minimum Gasteiger partial charge on any atom is -0.360 e. The summed E-state index contributed by atoms with van der Waals surface area (Å²) in [5, 5.41) is 7.73. The lowest BCUT2D eigenvalue weighted by Gasteiger charge is -2.48. The molecule has 0 amide bonds. The molecule has 0 radical (unpaired) electrons. The SMILES string of the molecule is CCC(C)n1ncn(-c2cccc3c2N2CCNCC32)c1=O.Cl.Cl. The predicted molar refractivity (Wildman–Crippen MR) is 100 cm³/mol. The molecule has 2 unspecified atom stereocenters. The van der Waals surface area contributed by atoms with E-state index in [1.807, 2.05) is 19.1 Å². The van der Waals surface area contributed by atoms with Gasteiger partial charge >= 0.3 is 5.69 Å². The average molecular weight is 372 g/mol. The molecule has 3 heterocycles. The normalized spacial score (nSPS) is 19.2. The smallest absolute Gasteiger partial charge is 0.350 e. The first kappa shape index (κ1) is 18.8. The Morgan fingerprint density at radius 3 is 2.92 bits per heavy atom. The van der Waals surface area contributed by atoms with Crippen molar-refractivity contribution in [2.75, 3.05) is 24.5 Å². The molecule has 1 saturated heterocycles. The average Bonchev–Trinajstić information content (AvgIpc) is 2.92. The fraction of sp³-hybridized carbons (Fsp3) is 0.500. The summed E-state index contributed by atoms with van der Waals surface area (Å²) in [6, 6.07) is 6.78. The maximum Gasteiger partial charge on any atom is 0.350 e. The zero-order valence-corrected chi connectivity index (χ0v) is 15.4. The molecular formula is C16H23Cl2N5O. The number of nitrogens with one attached hydrogen (secondary N) is 1. The van der Waals surface area contributed by atoms with Gasteiger partial charge < -0.3 is 10.2 Å². The maximum absolute atomic E-state index is 12.6. The monoisotopic (exact) mass is 371 g/mol. The van der Waals surface area contributed by atoms with Gasteiger partial charge in [0.1, 0.15) is 6.33 Å². The van der Waals surface area contributed by atoms with E-state index in [1.165, 1.54) is 11.3 Å². The van der Waals surface area contributed by atoms with Crippen LogP contribution in [-0.4, -0.2) is 34.0 Å². The minimum absolute atomic E-state index is 0. The second kappa shape index (κ2) is 7.17. The summed E-state index contributed by atoms with van der Waals surface area (Å²) in [7, 11) is 0. The van der Waals surface area contributed by atoms with Crippen LogP contribution in [0.25, 0.3) is 5.69 Å². The number of rotatable bonds is 3. The van der Waals surface area contributed by atoms with Crippen molar-refractivity contribution in [3.8, 4) is 5.69 Å². The lowest BCUT2D eigenvalue weighted by atomic mass is 9.90. The number of fused-ring (bicyclic) bond motifs is 4. The van der Waals surface area contributed by atoms with Gasteiger partial charge in [-0.1, -0.05) is 19.1 Å². The zero-order chi connectivity index (χ0) is 15.3. The Balaban J connectivity index is 0.00000104. The summed E-state index contributed by atoms with van der Waals surface area (Å²) >= 11 is 0. The van der Waals surface area contributed by atoms with Crippen LogP contribution in [-0.2, 0) is 0 Å². The summed E-state index contributed by atoms with van der Waals surface area (Å²) < 4.78 is 3.26. The number of nitrogens with zero attached hydrogens (tertiary/aromatic N) is 4. The van der Waals surface area contributed by atoms with Gasteiger partial charge in [0.05, 0.1) is 23.5 Å². The van der Waals surface area contributed by atoms with Crippen molar-refractivity contribution in [3.63, 3.8) is 0 Å². The van der Waals surface area contributed by atoms with Gasteiger partial charge in [-0.3, -0.25) is 0 Å². The lowest BCUT2D eigenvalue weighted by molar-refractivity contribution is 0.453. The zero-order valence-electron chi connectivity index (χ0n) is 13.8.